The maximum atomic E-state index is 5.75. The molecule has 1 aliphatic carbocycles. The lowest BCUT2D eigenvalue weighted by atomic mass is 10.1. The van der Waals surface area contributed by atoms with Gasteiger partial charge in [0, 0.05) is 11.8 Å². The van der Waals surface area contributed by atoms with Crippen molar-refractivity contribution in [2.45, 2.75) is 51.5 Å². The first-order valence-electron chi connectivity index (χ1n) is 5.58. The minimum atomic E-state index is 0.591. The van der Waals surface area contributed by atoms with E-state index in [9.17, 15) is 0 Å². The van der Waals surface area contributed by atoms with Gasteiger partial charge in [-0.2, -0.15) is 5.10 Å². The number of aryl methyl sites for hydroxylation is 1. The van der Waals surface area contributed by atoms with Crippen LogP contribution in [-0.4, -0.2) is 9.78 Å². The summed E-state index contributed by atoms with van der Waals surface area (Å²) in [5, 5.41) is 4.37. The highest BCUT2D eigenvalue weighted by molar-refractivity contribution is 5.35. The molecule has 0 saturated heterocycles. The lowest BCUT2D eigenvalue weighted by molar-refractivity contribution is 0.406. The minimum absolute atomic E-state index is 0.591. The molecule has 2 N–H and O–H groups in total. The fourth-order valence-corrected chi connectivity index (χ4v) is 2.21. The first-order chi connectivity index (χ1) is 6.77. The molecule has 1 aromatic heterocycles. The van der Waals surface area contributed by atoms with Crippen molar-refractivity contribution < 1.29 is 0 Å². The number of hydrogen-bond donors (Lipinski definition) is 1. The molecule has 2 rings (SSSR count). The Morgan fingerprint density at radius 2 is 1.93 bits per heavy atom. The normalized spacial score (nSPS) is 19.5. The van der Waals surface area contributed by atoms with Crippen LogP contribution >= 0.6 is 0 Å². The Morgan fingerprint density at radius 1 is 1.29 bits per heavy atom. The van der Waals surface area contributed by atoms with Crippen molar-refractivity contribution in [3.8, 4) is 0 Å². The quantitative estimate of drug-likeness (QED) is 0.697. The Balaban J connectivity index is 2.12. The summed E-state index contributed by atoms with van der Waals surface area (Å²) in [4.78, 5) is 0. The van der Waals surface area contributed by atoms with Crippen molar-refractivity contribution in [3.63, 3.8) is 0 Å². The average Bonchev–Trinajstić information content (AvgIpc) is 2.46. The summed E-state index contributed by atoms with van der Waals surface area (Å²) >= 11 is 0. The van der Waals surface area contributed by atoms with E-state index in [0.29, 0.717) is 11.9 Å². The predicted molar refractivity (Wildman–Crippen MR) is 58.1 cm³/mol. The molecular weight excluding hydrogens is 174 g/mol. The van der Waals surface area contributed by atoms with Gasteiger partial charge in [0.1, 0.15) is 5.82 Å². The monoisotopic (exact) mass is 193 g/mol. The van der Waals surface area contributed by atoms with Gasteiger partial charge < -0.3 is 5.73 Å². The first kappa shape index (κ1) is 9.56. The van der Waals surface area contributed by atoms with Crippen molar-refractivity contribution in [2.75, 3.05) is 5.73 Å². The number of hydrogen-bond acceptors (Lipinski definition) is 2. The van der Waals surface area contributed by atoms with Crippen molar-refractivity contribution in [2.24, 2.45) is 0 Å². The van der Waals surface area contributed by atoms with E-state index in [1.165, 1.54) is 38.5 Å². The molecule has 14 heavy (non-hydrogen) atoms. The van der Waals surface area contributed by atoms with E-state index in [1.54, 1.807) is 0 Å². The molecule has 0 bridgehead atoms. The Bertz CT molecular complexity index is 276. The molecule has 0 spiro atoms. The first-order valence-corrected chi connectivity index (χ1v) is 5.58. The van der Waals surface area contributed by atoms with Crippen LogP contribution in [0.15, 0.2) is 6.20 Å². The zero-order valence-electron chi connectivity index (χ0n) is 8.87. The number of rotatable bonds is 1. The van der Waals surface area contributed by atoms with Crippen LogP contribution in [0.1, 0.15) is 50.1 Å². The van der Waals surface area contributed by atoms with Crippen LogP contribution in [0.5, 0.6) is 0 Å². The summed E-state index contributed by atoms with van der Waals surface area (Å²) in [6.45, 7) is 2.02. The van der Waals surface area contributed by atoms with E-state index in [1.807, 2.05) is 6.92 Å². The number of nitrogens with zero attached hydrogens (tertiary/aromatic N) is 2. The van der Waals surface area contributed by atoms with Crippen LogP contribution in [-0.2, 0) is 0 Å². The summed E-state index contributed by atoms with van der Waals surface area (Å²) in [6, 6.07) is 0.591. The van der Waals surface area contributed by atoms with Crippen LogP contribution in [0, 0.1) is 6.92 Å². The molecule has 0 aromatic carbocycles. The number of anilines is 1. The van der Waals surface area contributed by atoms with Crippen LogP contribution < -0.4 is 5.73 Å². The average molecular weight is 193 g/mol. The maximum Gasteiger partial charge on any atom is 0.148 e. The van der Waals surface area contributed by atoms with Gasteiger partial charge in [0.15, 0.2) is 0 Å². The molecule has 1 aromatic rings. The largest absolute Gasteiger partial charge is 0.382 e. The van der Waals surface area contributed by atoms with Gasteiger partial charge in [0.25, 0.3) is 0 Å². The minimum Gasteiger partial charge on any atom is -0.382 e. The molecule has 0 radical (unpaired) electrons. The standard InChI is InChI=1S/C11H19N3/c1-9-8-14(13-11(9)12)10-6-4-2-3-5-7-10/h8,10H,2-7H2,1H3,(H2,12,13). The third-order valence-electron chi connectivity index (χ3n) is 3.15. The summed E-state index contributed by atoms with van der Waals surface area (Å²) in [6.07, 6.45) is 10.1. The Hall–Kier alpha value is -0.990. The molecule has 78 valence electrons. The van der Waals surface area contributed by atoms with Crippen molar-refractivity contribution in [1.29, 1.82) is 0 Å². The molecule has 1 heterocycles. The second kappa shape index (κ2) is 4.03. The molecule has 1 fully saturated rings. The third-order valence-corrected chi connectivity index (χ3v) is 3.15. The van der Waals surface area contributed by atoms with Gasteiger partial charge in [0.2, 0.25) is 0 Å². The number of nitrogen functional groups attached to an aromatic ring is 1. The van der Waals surface area contributed by atoms with Crippen LogP contribution in [0.25, 0.3) is 0 Å². The lowest BCUT2D eigenvalue weighted by Gasteiger charge is -2.13. The highest BCUT2D eigenvalue weighted by Gasteiger charge is 2.15. The molecule has 0 atom stereocenters. The van der Waals surface area contributed by atoms with Gasteiger partial charge in [-0.25, -0.2) is 0 Å². The van der Waals surface area contributed by atoms with Crippen LogP contribution in [0.2, 0.25) is 0 Å². The van der Waals surface area contributed by atoms with Gasteiger partial charge in [-0.15, -0.1) is 0 Å². The second-order valence-electron chi connectivity index (χ2n) is 4.32. The lowest BCUT2D eigenvalue weighted by Crippen LogP contribution is -2.08. The Labute approximate surface area is 85.3 Å². The molecule has 0 amide bonds. The van der Waals surface area contributed by atoms with Crippen LogP contribution in [0.3, 0.4) is 0 Å². The highest BCUT2D eigenvalue weighted by Crippen LogP contribution is 2.27. The Kier molecular flexibility index (Phi) is 2.75. The maximum absolute atomic E-state index is 5.75. The van der Waals surface area contributed by atoms with E-state index >= 15 is 0 Å². The van der Waals surface area contributed by atoms with E-state index in [4.69, 9.17) is 5.73 Å². The SMILES string of the molecule is Cc1cn(C2CCCCCC2)nc1N. The van der Waals surface area contributed by atoms with Crippen molar-refractivity contribution in [3.05, 3.63) is 11.8 Å². The van der Waals surface area contributed by atoms with E-state index in [-0.39, 0.29) is 0 Å². The zero-order chi connectivity index (χ0) is 9.97. The fourth-order valence-electron chi connectivity index (χ4n) is 2.21. The summed E-state index contributed by atoms with van der Waals surface area (Å²) in [5.74, 6) is 0.689. The predicted octanol–water partition coefficient (Wildman–Crippen LogP) is 2.67. The fraction of sp³-hybridized carbons (Fsp3) is 0.727. The Morgan fingerprint density at radius 3 is 2.43 bits per heavy atom. The topological polar surface area (TPSA) is 43.8 Å². The van der Waals surface area contributed by atoms with Crippen LogP contribution in [0.4, 0.5) is 5.82 Å². The second-order valence-corrected chi connectivity index (χ2v) is 4.32. The van der Waals surface area contributed by atoms with Gasteiger partial charge >= 0.3 is 0 Å². The summed E-state index contributed by atoms with van der Waals surface area (Å²) in [7, 11) is 0. The summed E-state index contributed by atoms with van der Waals surface area (Å²) < 4.78 is 2.08. The molecule has 3 heteroatoms. The van der Waals surface area contributed by atoms with Gasteiger partial charge in [-0.3, -0.25) is 4.68 Å². The molecule has 0 unspecified atom stereocenters. The number of nitrogens with two attached hydrogens (primary N) is 1. The van der Waals surface area contributed by atoms with Gasteiger partial charge in [-0.05, 0) is 19.8 Å². The molecule has 1 saturated carbocycles. The third kappa shape index (κ3) is 1.91. The molecule has 0 aliphatic heterocycles. The van der Waals surface area contributed by atoms with Gasteiger partial charge in [-0.1, -0.05) is 25.7 Å². The van der Waals surface area contributed by atoms with Gasteiger partial charge in [0.05, 0.1) is 6.04 Å². The molecule has 1 aliphatic rings. The van der Waals surface area contributed by atoms with E-state index in [0.717, 1.165) is 5.56 Å². The smallest absolute Gasteiger partial charge is 0.148 e. The van der Waals surface area contributed by atoms with Crippen molar-refractivity contribution >= 4 is 5.82 Å². The van der Waals surface area contributed by atoms with E-state index in [2.05, 4.69) is 16.0 Å². The zero-order valence-corrected chi connectivity index (χ0v) is 8.87. The number of aromatic nitrogens is 2. The molecule has 3 nitrogen and oxygen atoms in total. The van der Waals surface area contributed by atoms with E-state index < -0.39 is 0 Å². The summed E-state index contributed by atoms with van der Waals surface area (Å²) in [5.41, 5.74) is 6.86. The highest BCUT2D eigenvalue weighted by atomic mass is 15.3. The molecular formula is C11H19N3. The van der Waals surface area contributed by atoms with Crippen molar-refractivity contribution in [1.82, 2.24) is 9.78 Å².